The highest BCUT2D eigenvalue weighted by Gasteiger charge is 2.12. The number of hydrogen-bond donors (Lipinski definition) is 2. The number of benzene rings is 1. The van der Waals surface area contributed by atoms with Crippen LogP contribution in [0.4, 0.5) is 4.79 Å². The number of nitrogens with zero attached hydrogens (tertiary/aromatic N) is 2. The predicted octanol–water partition coefficient (Wildman–Crippen LogP) is 3.64. The molecular weight excluding hydrogens is 306 g/mol. The number of nitrogens with one attached hydrogen (secondary N) is 1. The van der Waals surface area contributed by atoms with Crippen molar-refractivity contribution >= 4 is 28.0 Å². The van der Waals surface area contributed by atoms with Crippen LogP contribution in [0, 0.1) is 0 Å². The van der Waals surface area contributed by atoms with Gasteiger partial charge in [0.05, 0.1) is 18.8 Å². The molecule has 3 aromatic heterocycles. The molecule has 0 fully saturated rings. The smallest absolute Gasteiger partial charge is 0.415 e. The minimum absolute atomic E-state index is 0.676. The van der Waals surface area contributed by atoms with Crippen molar-refractivity contribution in [2.45, 2.75) is 6.42 Å². The molecule has 4 aromatic rings. The van der Waals surface area contributed by atoms with Gasteiger partial charge in [0.15, 0.2) is 0 Å². The molecule has 0 aliphatic rings. The van der Waals surface area contributed by atoms with Crippen molar-refractivity contribution in [2.75, 3.05) is 7.11 Å². The standard InChI is InChI=1S/C18H15N3O3/c1-24-13-8-15-12(9-19-17(15)20-10-13)7-11-3-2-4-16-14(11)5-6-21(16)18(22)23/h2-6,8-10H,7H2,1H3,(H,19,20)(H,22,23). The van der Waals surface area contributed by atoms with Gasteiger partial charge in [-0.25, -0.2) is 9.78 Å². The van der Waals surface area contributed by atoms with Crippen molar-refractivity contribution in [3.05, 3.63) is 60.0 Å². The molecule has 2 N–H and O–H groups in total. The lowest BCUT2D eigenvalue weighted by Gasteiger charge is -2.05. The first-order chi connectivity index (χ1) is 11.7. The number of hydrogen-bond acceptors (Lipinski definition) is 3. The molecule has 0 saturated carbocycles. The maximum atomic E-state index is 11.3. The van der Waals surface area contributed by atoms with Gasteiger partial charge in [0.2, 0.25) is 0 Å². The summed E-state index contributed by atoms with van der Waals surface area (Å²) in [7, 11) is 1.62. The molecule has 0 aliphatic heterocycles. The summed E-state index contributed by atoms with van der Waals surface area (Å²) in [5.41, 5.74) is 3.65. The van der Waals surface area contributed by atoms with Crippen LogP contribution in [0.5, 0.6) is 5.75 Å². The largest absolute Gasteiger partial charge is 0.495 e. The van der Waals surface area contributed by atoms with Gasteiger partial charge in [-0.05, 0) is 29.3 Å². The number of rotatable bonds is 3. The Morgan fingerprint density at radius 3 is 2.96 bits per heavy atom. The molecule has 6 heteroatoms. The molecule has 6 nitrogen and oxygen atoms in total. The highest BCUT2D eigenvalue weighted by molar-refractivity contribution is 5.91. The first-order valence-electron chi connectivity index (χ1n) is 7.49. The SMILES string of the molecule is COc1cnc2[nH]cc(Cc3cccc4c3ccn4C(=O)O)c2c1. The number of pyridine rings is 1. The van der Waals surface area contributed by atoms with E-state index in [1.165, 1.54) is 4.57 Å². The van der Waals surface area contributed by atoms with Crippen LogP contribution in [-0.2, 0) is 6.42 Å². The zero-order valence-corrected chi connectivity index (χ0v) is 13.0. The molecule has 4 rings (SSSR count). The number of ether oxygens (including phenoxy) is 1. The monoisotopic (exact) mass is 321 g/mol. The Morgan fingerprint density at radius 2 is 2.17 bits per heavy atom. The van der Waals surface area contributed by atoms with Crippen molar-refractivity contribution in [1.82, 2.24) is 14.5 Å². The Balaban J connectivity index is 1.81. The van der Waals surface area contributed by atoms with Crippen LogP contribution >= 0.6 is 0 Å². The van der Waals surface area contributed by atoms with Crippen LogP contribution in [0.25, 0.3) is 21.9 Å². The summed E-state index contributed by atoms with van der Waals surface area (Å²) < 4.78 is 6.49. The van der Waals surface area contributed by atoms with Crippen LogP contribution in [0.3, 0.4) is 0 Å². The fraction of sp³-hybridized carbons (Fsp3) is 0.111. The molecule has 120 valence electrons. The number of aromatic nitrogens is 3. The molecular formula is C18H15N3O3. The second-order valence-electron chi connectivity index (χ2n) is 5.58. The maximum Gasteiger partial charge on any atom is 0.415 e. The van der Waals surface area contributed by atoms with Gasteiger partial charge in [-0.15, -0.1) is 0 Å². The van der Waals surface area contributed by atoms with E-state index in [4.69, 9.17) is 4.74 Å². The number of carbonyl (C=O) groups is 1. The Bertz CT molecular complexity index is 1060. The second-order valence-corrected chi connectivity index (χ2v) is 5.58. The van der Waals surface area contributed by atoms with E-state index in [-0.39, 0.29) is 0 Å². The van der Waals surface area contributed by atoms with Gasteiger partial charge in [-0.2, -0.15) is 0 Å². The molecule has 24 heavy (non-hydrogen) atoms. The van der Waals surface area contributed by atoms with Crippen LogP contribution < -0.4 is 4.74 Å². The van der Waals surface area contributed by atoms with E-state index in [0.717, 1.165) is 27.5 Å². The van der Waals surface area contributed by atoms with Gasteiger partial charge in [0.1, 0.15) is 11.4 Å². The highest BCUT2D eigenvalue weighted by atomic mass is 16.5. The summed E-state index contributed by atoms with van der Waals surface area (Å²) in [5.74, 6) is 0.707. The lowest BCUT2D eigenvalue weighted by Crippen LogP contribution is -2.05. The van der Waals surface area contributed by atoms with Crippen molar-refractivity contribution in [3.63, 3.8) is 0 Å². The molecule has 1 aromatic carbocycles. The second kappa shape index (κ2) is 5.42. The lowest BCUT2D eigenvalue weighted by molar-refractivity contribution is 0.197. The van der Waals surface area contributed by atoms with Gasteiger partial charge in [-0.3, -0.25) is 4.57 Å². The summed E-state index contributed by atoms with van der Waals surface area (Å²) in [5, 5.41) is 11.2. The zero-order chi connectivity index (χ0) is 16.7. The van der Waals surface area contributed by atoms with Crippen LogP contribution in [0.1, 0.15) is 11.1 Å². The maximum absolute atomic E-state index is 11.3. The van der Waals surface area contributed by atoms with Crippen molar-refractivity contribution in [3.8, 4) is 5.75 Å². The molecule has 0 saturated heterocycles. The molecule has 0 radical (unpaired) electrons. The summed E-state index contributed by atoms with van der Waals surface area (Å²) in [6.45, 7) is 0. The van der Waals surface area contributed by atoms with Crippen molar-refractivity contribution in [2.24, 2.45) is 0 Å². The topological polar surface area (TPSA) is 80.1 Å². The lowest BCUT2D eigenvalue weighted by atomic mass is 10.0. The van der Waals surface area contributed by atoms with E-state index in [9.17, 15) is 9.90 Å². The Kier molecular flexibility index (Phi) is 3.23. The van der Waals surface area contributed by atoms with Crippen LogP contribution in [0.2, 0.25) is 0 Å². The first kappa shape index (κ1) is 14.3. The van der Waals surface area contributed by atoms with Gasteiger partial charge >= 0.3 is 6.09 Å². The van der Waals surface area contributed by atoms with E-state index in [2.05, 4.69) is 9.97 Å². The van der Waals surface area contributed by atoms with Crippen LogP contribution in [0.15, 0.2) is 48.9 Å². The quantitative estimate of drug-likeness (QED) is 0.603. The Hall–Kier alpha value is -3.28. The third kappa shape index (κ3) is 2.20. The van der Waals surface area contributed by atoms with E-state index in [0.29, 0.717) is 17.7 Å². The average Bonchev–Trinajstić information content (AvgIpc) is 3.19. The van der Waals surface area contributed by atoms with Gasteiger partial charge < -0.3 is 14.8 Å². The predicted molar refractivity (Wildman–Crippen MR) is 90.8 cm³/mol. The molecule has 0 aliphatic carbocycles. The first-order valence-corrected chi connectivity index (χ1v) is 7.49. The van der Waals surface area contributed by atoms with Gasteiger partial charge in [-0.1, -0.05) is 12.1 Å². The molecule has 0 unspecified atom stereocenters. The number of methoxy groups -OCH3 is 1. The summed E-state index contributed by atoms with van der Waals surface area (Å²) in [6.07, 6.45) is 4.88. The molecule has 3 heterocycles. The van der Waals surface area contributed by atoms with E-state index in [1.54, 1.807) is 19.5 Å². The average molecular weight is 321 g/mol. The third-order valence-electron chi connectivity index (χ3n) is 4.24. The summed E-state index contributed by atoms with van der Waals surface area (Å²) in [4.78, 5) is 18.8. The number of carboxylic acid groups (broad SMARTS) is 1. The van der Waals surface area contributed by atoms with Crippen LogP contribution in [-0.4, -0.2) is 32.8 Å². The van der Waals surface area contributed by atoms with Gasteiger partial charge in [0.25, 0.3) is 0 Å². The minimum atomic E-state index is -0.983. The number of aromatic amines is 1. The highest BCUT2D eigenvalue weighted by Crippen LogP contribution is 2.27. The third-order valence-corrected chi connectivity index (χ3v) is 4.24. The van der Waals surface area contributed by atoms with E-state index < -0.39 is 6.09 Å². The van der Waals surface area contributed by atoms with Crippen molar-refractivity contribution < 1.29 is 14.6 Å². The zero-order valence-electron chi connectivity index (χ0n) is 13.0. The molecule has 0 spiro atoms. The molecule has 0 amide bonds. The molecule has 0 atom stereocenters. The van der Waals surface area contributed by atoms with E-state index >= 15 is 0 Å². The normalized spacial score (nSPS) is 11.2. The Morgan fingerprint density at radius 1 is 1.29 bits per heavy atom. The summed E-state index contributed by atoms with van der Waals surface area (Å²) >= 11 is 0. The van der Waals surface area contributed by atoms with Crippen molar-refractivity contribution in [1.29, 1.82) is 0 Å². The van der Waals surface area contributed by atoms with Gasteiger partial charge in [0, 0.05) is 29.6 Å². The fourth-order valence-electron chi connectivity index (χ4n) is 3.05. The molecule has 0 bridgehead atoms. The summed E-state index contributed by atoms with van der Waals surface area (Å²) in [6, 6.07) is 9.50. The Labute approximate surface area is 137 Å². The minimum Gasteiger partial charge on any atom is -0.495 e. The number of H-pyrrole nitrogens is 1. The number of fused-ring (bicyclic) bond motifs is 2. The van der Waals surface area contributed by atoms with E-state index in [1.807, 2.05) is 36.5 Å². The fourth-order valence-corrected chi connectivity index (χ4v) is 3.05.